The first-order chi connectivity index (χ1) is 13.0. The minimum absolute atomic E-state index is 0.225. The highest BCUT2D eigenvalue weighted by Gasteiger charge is 2.34. The molecule has 1 aliphatic rings. The van der Waals surface area contributed by atoms with Gasteiger partial charge in [0.2, 0.25) is 5.91 Å². The number of benzene rings is 2. The van der Waals surface area contributed by atoms with Gasteiger partial charge in [0.1, 0.15) is 5.82 Å². The average molecular weight is 370 g/mol. The third-order valence-corrected chi connectivity index (χ3v) is 4.92. The van der Waals surface area contributed by atoms with Crippen molar-refractivity contribution in [1.29, 1.82) is 0 Å². The van der Waals surface area contributed by atoms with Crippen molar-refractivity contribution in [3.63, 3.8) is 0 Å². The van der Waals surface area contributed by atoms with Crippen molar-refractivity contribution < 1.29 is 19.1 Å². The van der Waals surface area contributed by atoms with Crippen LogP contribution in [-0.4, -0.2) is 41.5 Å². The Labute approximate surface area is 157 Å². The molecule has 27 heavy (non-hydrogen) atoms. The van der Waals surface area contributed by atoms with Gasteiger partial charge >= 0.3 is 5.97 Å². The molecule has 142 valence electrons. The second-order valence-corrected chi connectivity index (χ2v) is 6.96. The Morgan fingerprint density at radius 3 is 2.37 bits per heavy atom. The Morgan fingerprint density at radius 1 is 1.04 bits per heavy atom. The van der Waals surface area contributed by atoms with E-state index in [0.717, 1.165) is 6.42 Å². The Kier molecular flexibility index (Phi) is 6.19. The van der Waals surface area contributed by atoms with Gasteiger partial charge in [-0.15, -0.1) is 0 Å². The second kappa shape index (κ2) is 8.77. The molecule has 1 saturated heterocycles. The third-order valence-electron chi connectivity index (χ3n) is 4.92. The van der Waals surface area contributed by atoms with Crippen LogP contribution in [0.25, 0.3) is 0 Å². The van der Waals surface area contributed by atoms with E-state index >= 15 is 0 Å². The van der Waals surface area contributed by atoms with Gasteiger partial charge in [-0.1, -0.05) is 30.3 Å². The van der Waals surface area contributed by atoms with E-state index in [9.17, 15) is 19.1 Å². The number of carbonyl (C=O) groups is 2. The zero-order chi connectivity index (χ0) is 19.2. The molecule has 0 radical (unpaired) electrons. The largest absolute Gasteiger partial charge is 0.481 e. The molecule has 3 rings (SSSR count). The van der Waals surface area contributed by atoms with Gasteiger partial charge < -0.3 is 15.3 Å². The molecule has 2 aromatic carbocycles. The van der Waals surface area contributed by atoms with E-state index in [0.29, 0.717) is 31.7 Å². The molecule has 1 fully saturated rings. The predicted octanol–water partition coefficient (Wildman–Crippen LogP) is 3.03. The standard InChI is InChI=1S/C21H23FN2O3/c22-18-6-8-19(9-7-18)23-20(25)16-12-17(21(26)27)14-24(13-16)11-10-15-4-2-1-3-5-15/h1-9,16-17H,10-14H2,(H,23,25)(H,26,27)/t16-,17+/m1/s1. The van der Waals surface area contributed by atoms with Crippen LogP contribution >= 0.6 is 0 Å². The SMILES string of the molecule is O=C(O)[C@H]1C[C@@H](C(=O)Nc2ccc(F)cc2)CN(CCc2ccccc2)C1. The van der Waals surface area contributed by atoms with E-state index in [1.807, 2.05) is 35.2 Å². The smallest absolute Gasteiger partial charge is 0.307 e. The highest BCUT2D eigenvalue weighted by molar-refractivity contribution is 5.93. The van der Waals surface area contributed by atoms with Crippen molar-refractivity contribution >= 4 is 17.6 Å². The van der Waals surface area contributed by atoms with Crippen molar-refractivity contribution in [2.45, 2.75) is 12.8 Å². The number of nitrogens with zero attached hydrogens (tertiary/aromatic N) is 1. The molecule has 1 amide bonds. The molecule has 6 heteroatoms. The summed E-state index contributed by atoms with van der Waals surface area (Å²) < 4.78 is 13.0. The van der Waals surface area contributed by atoms with Crippen molar-refractivity contribution in [2.75, 3.05) is 25.0 Å². The van der Waals surface area contributed by atoms with Crippen LogP contribution in [0.2, 0.25) is 0 Å². The number of nitrogens with one attached hydrogen (secondary N) is 1. The fourth-order valence-electron chi connectivity index (χ4n) is 3.45. The molecule has 5 nitrogen and oxygen atoms in total. The number of halogens is 1. The highest BCUT2D eigenvalue weighted by Crippen LogP contribution is 2.24. The molecule has 0 bridgehead atoms. The molecule has 2 aromatic rings. The van der Waals surface area contributed by atoms with Crippen LogP contribution in [0.4, 0.5) is 10.1 Å². The van der Waals surface area contributed by atoms with Crippen molar-refractivity contribution in [3.8, 4) is 0 Å². The maximum absolute atomic E-state index is 13.0. The van der Waals surface area contributed by atoms with Crippen molar-refractivity contribution in [2.24, 2.45) is 11.8 Å². The van der Waals surface area contributed by atoms with Crippen LogP contribution in [0.15, 0.2) is 54.6 Å². The van der Waals surface area contributed by atoms with Crippen LogP contribution in [-0.2, 0) is 16.0 Å². The lowest BCUT2D eigenvalue weighted by molar-refractivity contribution is -0.145. The van der Waals surface area contributed by atoms with Gasteiger partial charge in [0.05, 0.1) is 11.8 Å². The number of aliphatic carboxylic acids is 1. The molecule has 0 aromatic heterocycles. The molecule has 1 heterocycles. The number of likely N-dealkylation sites (tertiary alicyclic amines) is 1. The van der Waals surface area contributed by atoms with Crippen LogP contribution < -0.4 is 5.32 Å². The van der Waals surface area contributed by atoms with Crippen LogP contribution in [0.3, 0.4) is 0 Å². The summed E-state index contributed by atoms with van der Waals surface area (Å²) in [5.41, 5.74) is 1.69. The fourth-order valence-corrected chi connectivity index (χ4v) is 3.45. The van der Waals surface area contributed by atoms with Gasteiger partial charge in [-0.05, 0) is 42.7 Å². The lowest BCUT2D eigenvalue weighted by Gasteiger charge is -2.35. The van der Waals surface area contributed by atoms with Gasteiger partial charge in [-0.3, -0.25) is 9.59 Å². The lowest BCUT2D eigenvalue weighted by atomic mass is 9.88. The summed E-state index contributed by atoms with van der Waals surface area (Å²) in [6, 6.07) is 15.5. The molecular weight excluding hydrogens is 347 g/mol. The van der Waals surface area contributed by atoms with E-state index in [2.05, 4.69) is 5.32 Å². The molecule has 0 aliphatic carbocycles. The number of anilines is 1. The monoisotopic (exact) mass is 370 g/mol. The van der Waals surface area contributed by atoms with E-state index in [1.165, 1.54) is 29.8 Å². The molecule has 0 unspecified atom stereocenters. The Balaban J connectivity index is 1.63. The van der Waals surface area contributed by atoms with Crippen molar-refractivity contribution in [1.82, 2.24) is 4.90 Å². The minimum atomic E-state index is -0.876. The van der Waals surface area contributed by atoms with Crippen LogP contribution in [0.5, 0.6) is 0 Å². The number of hydrogen-bond donors (Lipinski definition) is 2. The predicted molar refractivity (Wildman–Crippen MR) is 101 cm³/mol. The Hall–Kier alpha value is -2.73. The van der Waals surface area contributed by atoms with Crippen LogP contribution in [0, 0.1) is 17.7 Å². The summed E-state index contributed by atoms with van der Waals surface area (Å²) in [6.07, 6.45) is 1.11. The first-order valence-electron chi connectivity index (χ1n) is 9.07. The summed E-state index contributed by atoms with van der Waals surface area (Å²) >= 11 is 0. The maximum atomic E-state index is 13.0. The summed E-state index contributed by atoms with van der Waals surface area (Å²) in [5, 5.41) is 12.2. The van der Waals surface area contributed by atoms with Crippen molar-refractivity contribution in [3.05, 3.63) is 66.0 Å². The first kappa shape index (κ1) is 19.0. The number of carboxylic acid groups (broad SMARTS) is 1. The molecule has 0 spiro atoms. The van der Waals surface area contributed by atoms with Gasteiger partial charge in [0.15, 0.2) is 0 Å². The number of amides is 1. The first-order valence-corrected chi connectivity index (χ1v) is 9.07. The quantitative estimate of drug-likeness (QED) is 0.820. The topological polar surface area (TPSA) is 69.6 Å². The van der Waals surface area contributed by atoms with E-state index in [-0.39, 0.29) is 11.7 Å². The summed E-state index contributed by atoms with van der Waals surface area (Å²) in [6.45, 7) is 1.67. The lowest BCUT2D eigenvalue weighted by Crippen LogP contribution is -2.47. The Morgan fingerprint density at radius 2 is 1.70 bits per heavy atom. The van der Waals surface area contributed by atoms with Crippen LogP contribution in [0.1, 0.15) is 12.0 Å². The van der Waals surface area contributed by atoms with Gasteiger partial charge in [-0.25, -0.2) is 4.39 Å². The minimum Gasteiger partial charge on any atom is -0.481 e. The zero-order valence-corrected chi connectivity index (χ0v) is 15.0. The molecule has 2 atom stereocenters. The zero-order valence-electron chi connectivity index (χ0n) is 15.0. The third kappa shape index (κ3) is 5.37. The molecule has 0 saturated carbocycles. The number of carbonyl (C=O) groups excluding carboxylic acids is 1. The molecule has 2 N–H and O–H groups in total. The fraction of sp³-hybridized carbons (Fsp3) is 0.333. The maximum Gasteiger partial charge on any atom is 0.307 e. The summed E-state index contributed by atoms with van der Waals surface area (Å²) in [7, 11) is 0. The molecular formula is C21H23FN2O3. The second-order valence-electron chi connectivity index (χ2n) is 6.96. The molecule has 1 aliphatic heterocycles. The summed E-state index contributed by atoms with van der Waals surface area (Å²) in [5.74, 6) is -2.46. The number of hydrogen-bond acceptors (Lipinski definition) is 3. The van der Waals surface area contributed by atoms with E-state index in [1.54, 1.807) is 0 Å². The number of rotatable bonds is 6. The van der Waals surface area contributed by atoms with Gasteiger partial charge in [-0.2, -0.15) is 0 Å². The van der Waals surface area contributed by atoms with E-state index in [4.69, 9.17) is 0 Å². The van der Waals surface area contributed by atoms with E-state index < -0.39 is 17.8 Å². The normalized spacial score (nSPS) is 20.2. The average Bonchev–Trinajstić information content (AvgIpc) is 2.68. The number of carboxylic acids is 1. The number of piperidine rings is 1. The highest BCUT2D eigenvalue weighted by atomic mass is 19.1. The van der Waals surface area contributed by atoms with Gasteiger partial charge in [0.25, 0.3) is 0 Å². The van der Waals surface area contributed by atoms with Gasteiger partial charge in [0, 0.05) is 25.3 Å². The Bertz CT molecular complexity index is 780. The summed E-state index contributed by atoms with van der Waals surface area (Å²) in [4.78, 5) is 26.2.